The van der Waals surface area contributed by atoms with Gasteiger partial charge in [0.15, 0.2) is 0 Å². The minimum absolute atomic E-state index is 0.0818. The van der Waals surface area contributed by atoms with E-state index in [1.54, 1.807) is 23.3 Å². The molecule has 0 aliphatic heterocycles. The second-order valence-corrected chi connectivity index (χ2v) is 5.36. The number of benzene rings is 1. The molecule has 0 aliphatic carbocycles. The highest BCUT2D eigenvalue weighted by atomic mass is 127. The molecule has 20 heavy (non-hydrogen) atoms. The van der Waals surface area contributed by atoms with Crippen LogP contribution in [0.4, 0.5) is 0 Å². The standard InChI is InChI=1S/C15H13IN2O2/c16-14-7-2-1-6-13(14)15(19)18(9-4-8-17)11-12-5-3-10-20-12/h1-3,5-7,10H,4,9,11H2. The monoisotopic (exact) mass is 380 g/mol. The number of carbonyl (C=O) groups is 1. The number of carbonyl (C=O) groups excluding carboxylic acids is 1. The van der Waals surface area contributed by atoms with Crippen LogP contribution in [0.2, 0.25) is 0 Å². The summed E-state index contributed by atoms with van der Waals surface area (Å²) < 4.78 is 6.18. The number of nitriles is 1. The molecule has 0 atom stereocenters. The first kappa shape index (κ1) is 14.6. The molecule has 1 aromatic carbocycles. The molecule has 0 aliphatic rings. The van der Waals surface area contributed by atoms with Crippen molar-refractivity contribution in [2.45, 2.75) is 13.0 Å². The Morgan fingerprint density at radius 1 is 1.30 bits per heavy atom. The fourth-order valence-corrected chi connectivity index (χ4v) is 2.45. The molecule has 2 rings (SSSR count). The van der Waals surface area contributed by atoms with Crippen LogP contribution in [0.3, 0.4) is 0 Å². The van der Waals surface area contributed by atoms with Crippen LogP contribution in [0.5, 0.6) is 0 Å². The van der Waals surface area contributed by atoms with E-state index in [4.69, 9.17) is 9.68 Å². The van der Waals surface area contributed by atoms with Gasteiger partial charge in [-0.05, 0) is 46.9 Å². The molecule has 0 N–H and O–H groups in total. The second-order valence-electron chi connectivity index (χ2n) is 4.19. The minimum atomic E-state index is -0.0818. The Balaban J connectivity index is 2.20. The number of amides is 1. The smallest absolute Gasteiger partial charge is 0.255 e. The molecule has 1 amide bonds. The molecule has 5 heteroatoms. The van der Waals surface area contributed by atoms with Gasteiger partial charge in [0.25, 0.3) is 5.91 Å². The van der Waals surface area contributed by atoms with Crippen molar-refractivity contribution in [3.05, 3.63) is 57.6 Å². The molecule has 0 saturated heterocycles. The largest absolute Gasteiger partial charge is 0.467 e. The van der Waals surface area contributed by atoms with E-state index >= 15 is 0 Å². The molecule has 0 unspecified atom stereocenters. The van der Waals surface area contributed by atoms with Crippen LogP contribution < -0.4 is 0 Å². The summed E-state index contributed by atoms with van der Waals surface area (Å²) in [5.41, 5.74) is 0.651. The molecule has 0 spiro atoms. The summed E-state index contributed by atoms with van der Waals surface area (Å²) in [6.45, 7) is 0.763. The van der Waals surface area contributed by atoms with Gasteiger partial charge in [-0.2, -0.15) is 5.26 Å². The molecule has 0 radical (unpaired) electrons. The Morgan fingerprint density at radius 2 is 2.10 bits per heavy atom. The van der Waals surface area contributed by atoms with Crippen molar-refractivity contribution in [2.24, 2.45) is 0 Å². The molecular formula is C15H13IN2O2. The Bertz CT molecular complexity index is 617. The number of rotatable bonds is 5. The normalized spacial score (nSPS) is 10.0. The Labute approximate surface area is 131 Å². The number of halogens is 1. The van der Waals surface area contributed by atoms with E-state index < -0.39 is 0 Å². The average Bonchev–Trinajstić information content (AvgIpc) is 2.96. The van der Waals surface area contributed by atoms with Crippen LogP contribution in [0.1, 0.15) is 22.5 Å². The van der Waals surface area contributed by atoms with E-state index in [-0.39, 0.29) is 5.91 Å². The maximum atomic E-state index is 12.6. The van der Waals surface area contributed by atoms with Crippen LogP contribution in [0, 0.1) is 14.9 Å². The average molecular weight is 380 g/mol. The van der Waals surface area contributed by atoms with E-state index in [0.717, 1.165) is 3.57 Å². The van der Waals surface area contributed by atoms with Crippen molar-refractivity contribution in [3.8, 4) is 6.07 Å². The third kappa shape index (κ3) is 3.61. The van der Waals surface area contributed by atoms with Crippen LogP contribution in [0.25, 0.3) is 0 Å². The van der Waals surface area contributed by atoms with Crippen LogP contribution in [-0.2, 0) is 6.54 Å². The minimum Gasteiger partial charge on any atom is -0.467 e. The van der Waals surface area contributed by atoms with Gasteiger partial charge in [0, 0.05) is 10.1 Å². The zero-order chi connectivity index (χ0) is 14.4. The van der Waals surface area contributed by atoms with Gasteiger partial charge >= 0.3 is 0 Å². The summed E-state index contributed by atoms with van der Waals surface area (Å²) in [7, 11) is 0. The summed E-state index contributed by atoms with van der Waals surface area (Å²) in [4.78, 5) is 14.2. The molecule has 0 fully saturated rings. The van der Waals surface area contributed by atoms with Crippen molar-refractivity contribution in [3.63, 3.8) is 0 Å². The summed E-state index contributed by atoms with van der Waals surface area (Å²) in [6.07, 6.45) is 1.88. The third-order valence-electron chi connectivity index (χ3n) is 2.81. The summed E-state index contributed by atoms with van der Waals surface area (Å²) >= 11 is 2.14. The quantitative estimate of drug-likeness (QED) is 0.747. The van der Waals surface area contributed by atoms with Crippen LogP contribution in [-0.4, -0.2) is 17.4 Å². The maximum absolute atomic E-state index is 12.6. The number of furan rings is 1. The van der Waals surface area contributed by atoms with Gasteiger partial charge in [-0.25, -0.2) is 0 Å². The summed E-state index contributed by atoms with van der Waals surface area (Å²) in [5.74, 6) is 0.629. The zero-order valence-electron chi connectivity index (χ0n) is 10.8. The lowest BCUT2D eigenvalue weighted by Gasteiger charge is -2.21. The molecule has 4 nitrogen and oxygen atoms in total. The highest BCUT2D eigenvalue weighted by Gasteiger charge is 2.18. The first-order chi connectivity index (χ1) is 9.72. The van der Waals surface area contributed by atoms with Gasteiger partial charge in [0.1, 0.15) is 5.76 Å². The molecular weight excluding hydrogens is 367 g/mol. The summed E-state index contributed by atoms with van der Waals surface area (Å²) in [5, 5.41) is 8.74. The van der Waals surface area contributed by atoms with Gasteiger partial charge in [-0.1, -0.05) is 12.1 Å². The topological polar surface area (TPSA) is 57.2 Å². The Morgan fingerprint density at radius 3 is 2.75 bits per heavy atom. The highest BCUT2D eigenvalue weighted by molar-refractivity contribution is 14.1. The van der Waals surface area contributed by atoms with Gasteiger partial charge in [0.2, 0.25) is 0 Å². The first-order valence-corrected chi connectivity index (χ1v) is 7.23. The van der Waals surface area contributed by atoms with E-state index in [0.29, 0.717) is 30.8 Å². The highest BCUT2D eigenvalue weighted by Crippen LogP contribution is 2.16. The van der Waals surface area contributed by atoms with Crippen molar-refractivity contribution in [1.29, 1.82) is 5.26 Å². The predicted molar refractivity (Wildman–Crippen MR) is 82.8 cm³/mol. The molecule has 1 heterocycles. The predicted octanol–water partition coefficient (Wildman–Crippen LogP) is 3.44. The molecule has 1 aromatic heterocycles. The van der Waals surface area contributed by atoms with Crippen LogP contribution >= 0.6 is 22.6 Å². The molecule has 0 saturated carbocycles. The first-order valence-electron chi connectivity index (χ1n) is 6.15. The number of nitrogens with zero attached hydrogens (tertiary/aromatic N) is 2. The van der Waals surface area contributed by atoms with Gasteiger partial charge in [-0.15, -0.1) is 0 Å². The summed E-state index contributed by atoms with van der Waals surface area (Å²) in [6, 6.07) is 13.1. The Hall–Kier alpha value is -1.81. The Kier molecular flexibility index (Phi) is 5.18. The maximum Gasteiger partial charge on any atom is 0.255 e. The molecule has 2 aromatic rings. The van der Waals surface area contributed by atoms with Gasteiger partial charge in [0.05, 0.1) is 30.9 Å². The third-order valence-corrected chi connectivity index (χ3v) is 3.75. The number of hydrogen-bond acceptors (Lipinski definition) is 3. The molecule has 102 valence electrons. The van der Waals surface area contributed by atoms with E-state index in [1.165, 1.54) is 0 Å². The SMILES string of the molecule is N#CCCN(Cc1ccco1)C(=O)c1ccccc1I. The second kappa shape index (κ2) is 7.10. The lowest BCUT2D eigenvalue weighted by Crippen LogP contribution is -2.31. The fourth-order valence-electron chi connectivity index (χ4n) is 1.83. The van der Waals surface area contributed by atoms with Crippen molar-refractivity contribution in [1.82, 2.24) is 4.90 Å². The van der Waals surface area contributed by atoms with E-state index in [9.17, 15) is 4.79 Å². The van der Waals surface area contributed by atoms with Crippen molar-refractivity contribution < 1.29 is 9.21 Å². The van der Waals surface area contributed by atoms with Gasteiger partial charge < -0.3 is 9.32 Å². The van der Waals surface area contributed by atoms with E-state index in [1.807, 2.05) is 24.3 Å². The van der Waals surface area contributed by atoms with Gasteiger partial charge in [-0.3, -0.25) is 4.79 Å². The van der Waals surface area contributed by atoms with Crippen molar-refractivity contribution >= 4 is 28.5 Å². The van der Waals surface area contributed by atoms with E-state index in [2.05, 4.69) is 28.7 Å². The fraction of sp³-hybridized carbons (Fsp3) is 0.200. The zero-order valence-corrected chi connectivity index (χ0v) is 12.9. The lowest BCUT2D eigenvalue weighted by atomic mass is 10.2. The van der Waals surface area contributed by atoms with Crippen molar-refractivity contribution in [2.75, 3.05) is 6.54 Å². The molecule has 0 bridgehead atoms. The number of hydrogen-bond donors (Lipinski definition) is 0. The lowest BCUT2D eigenvalue weighted by molar-refractivity contribution is 0.0734. The van der Waals surface area contributed by atoms with Crippen LogP contribution in [0.15, 0.2) is 47.1 Å².